The van der Waals surface area contributed by atoms with E-state index in [0.29, 0.717) is 0 Å². The lowest BCUT2D eigenvalue weighted by Gasteiger charge is -2.20. The van der Waals surface area contributed by atoms with E-state index in [0.717, 1.165) is 29.8 Å². The van der Waals surface area contributed by atoms with Gasteiger partial charge in [-0.05, 0) is 36.5 Å². The summed E-state index contributed by atoms with van der Waals surface area (Å²) in [6.45, 7) is 0. The topological polar surface area (TPSA) is 23.8 Å². The average molecular weight is 192 g/mol. The number of halogens is 1. The summed E-state index contributed by atoms with van der Waals surface area (Å²) in [6.07, 6.45) is 3.08. The van der Waals surface area contributed by atoms with Crippen molar-refractivity contribution in [2.45, 2.75) is 25.2 Å². The van der Waals surface area contributed by atoms with E-state index in [1.807, 2.05) is 18.2 Å². The molecule has 0 bridgehead atoms. The van der Waals surface area contributed by atoms with Gasteiger partial charge < -0.3 is 0 Å². The van der Waals surface area contributed by atoms with Gasteiger partial charge >= 0.3 is 0 Å². The second-order valence-corrected chi connectivity index (χ2v) is 3.79. The van der Waals surface area contributed by atoms with Crippen molar-refractivity contribution in [1.29, 1.82) is 5.26 Å². The maximum Gasteiger partial charge on any atom is 0.0716 e. The number of fused-ring (bicyclic) bond motifs is 1. The maximum absolute atomic E-state index is 8.94. The van der Waals surface area contributed by atoms with E-state index in [2.05, 4.69) is 6.07 Å². The SMILES string of the molecule is N#CC1CCCc2c(Cl)cccc21. The Balaban J connectivity index is 2.53. The quantitative estimate of drug-likeness (QED) is 0.618. The molecule has 0 aromatic heterocycles. The predicted molar refractivity (Wildman–Crippen MR) is 52.7 cm³/mol. The molecule has 1 aliphatic carbocycles. The van der Waals surface area contributed by atoms with Crippen molar-refractivity contribution < 1.29 is 0 Å². The fourth-order valence-electron chi connectivity index (χ4n) is 1.94. The van der Waals surface area contributed by atoms with Crippen LogP contribution in [0.3, 0.4) is 0 Å². The van der Waals surface area contributed by atoms with Gasteiger partial charge in [0.2, 0.25) is 0 Å². The number of nitriles is 1. The fourth-order valence-corrected chi connectivity index (χ4v) is 2.21. The summed E-state index contributed by atoms with van der Waals surface area (Å²) in [7, 11) is 0. The van der Waals surface area contributed by atoms with Crippen molar-refractivity contribution in [1.82, 2.24) is 0 Å². The van der Waals surface area contributed by atoms with Crippen LogP contribution in [-0.2, 0) is 6.42 Å². The van der Waals surface area contributed by atoms with E-state index in [-0.39, 0.29) is 5.92 Å². The Kier molecular flexibility index (Phi) is 2.24. The van der Waals surface area contributed by atoms with Crippen LogP contribution in [0.1, 0.15) is 29.9 Å². The molecule has 66 valence electrons. The molecular weight excluding hydrogens is 182 g/mol. The Hall–Kier alpha value is -1.00. The van der Waals surface area contributed by atoms with Gasteiger partial charge in [0.05, 0.1) is 12.0 Å². The maximum atomic E-state index is 8.94. The van der Waals surface area contributed by atoms with Gasteiger partial charge in [-0.2, -0.15) is 5.26 Å². The second kappa shape index (κ2) is 3.40. The van der Waals surface area contributed by atoms with Crippen LogP contribution >= 0.6 is 11.6 Å². The molecule has 1 aromatic rings. The highest BCUT2D eigenvalue weighted by molar-refractivity contribution is 6.31. The summed E-state index contributed by atoms with van der Waals surface area (Å²) in [5, 5.41) is 9.75. The van der Waals surface area contributed by atoms with E-state index < -0.39 is 0 Å². The minimum Gasteiger partial charge on any atom is -0.198 e. The van der Waals surface area contributed by atoms with E-state index in [4.69, 9.17) is 16.9 Å². The van der Waals surface area contributed by atoms with E-state index in [9.17, 15) is 0 Å². The summed E-state index contributed by atoms with van der Waals surface area (Å²) in [5.41, 5.74) is 2.32. The highest BCUT2D eigenvalue weighted by Gasteiger charge is 2.20. The van der Waals surface area contributed by atoms with Crippen LogP contribution in [0, 0.1) is 11.3 Å². The molecule has 0 radical (unpaired) electrons. The first-order valence-electron chi connectivity index (χ1n) is 4.50. The lowest BCUT2D eigenvalue weighted by atomic mass is 9.84. The van der Waals surface area contributed by atoms with Crippen LogP contribution in [0.15, 0.2) is 18.2 Å². The first-order chi connectivity index (χ1) is 6.33. The summed E-state index contributed by atoms with van der Waals surface area (Å²) in [5.74, 6) is 0.0578. The third-order valence-electron chi connectivity index (χ3n) is 2.61. The monoisotopic (exact) mass is 191 g/mol. The smallest absolute Gasteiger partial charge is 0.0716 e. The minimum atomic E-state index is 0.0578. The van der Waals surface area contributed by atoms with E-state index >= 15 is 0 Å². The molecule has 1 unspecified atom stereocenters. The zero-order valence-corrected chi connectivity index (χ0v) is 8.01. The van der Waals surface area contributed by atoms with Crippen molar-refractivity contribution in [3.8, 4) is 6.07 Å². The summed E-state index contributed by atoms with van der Waals surface area (Å²) in [4.78, 5) is 0. The van der Waals surface area contributed by atoms with Crippen molar-refractivity contribution in [2.24, 2.45) is 0 Å². The normalized spacial score (nSPS) is 20.5. The third kappa shape index (κ3) is 1.43. The molecule has 0 fully saturated rings. The molecule has 0 heterocycles. The lowest BCUT2D eigenvalue weighted by molar-refractivity contribution is 0.637. The summed E-state index contributed by atoms with van der Waals surface area (Å²) in [6, 6.07) is 8.18. The summed E-state index contributed by atoms with van der Waals surface area (Å²) >= 11 is 6.06. The molecule has 0 amide bonds. The van der Waals surface area contributed by atoms with Gasteiger partial charge in [0, 0.05) is 5.02 Å². The Bertz CT molecular complexity index is 365. The minimum absolute atomic E-state index is 0.0578. The van der Waals surface area contributed by atoms with Gasteiger partial charge in [0.15, 0.2) is 0 Å². The predicted octanol–water partition coefficient (Wildman–Crippen LogP) is 3.28. The van der Waals surface area contributed by atoms with Crippen molar-refractivity contribution in [2.75, 3.05) is 0 Å². The van der Waals surface area contributed by atoms with E-state index in [1.54, 1.807) is 0 Å². The zero-order chi connectivity index (χ0) is 9.26. The summed E-state index contributed by atoms with van der Waals surface area (Å²) < 4.78 is 0. The van der Waals surface area contributed by atoms with E-state index in [1.165, 1.54) is 5.56 Å². The van der Waals surface area contributed by atoms with Crippen molar-refractivity contribution in [3.05, 3.63) is 34.3 Å². The Morgan fingerprint density at radius 1 is 1.46 bits per heavy atom. The number of nitrogens with zero attached hydrogens (tertiary/aromatic N) is 1. The molecule has 13 heavy (non-hydrogen) atoms. The van der Waals surface area contributed by atoms with Crippen molar-refractivity contribution in [3.63, 3.8) is 0 Å². The molecule has 0 aliphatic heterocycles. The third-order valence-corrected chi connectivity index (χ3v) is 2.96. The molecule has 2 heteroatoms. The largest absolute Gasteiger partial charge is 0.198 e. The van der Waals surface area contributed by atoms with Gasteiger partial charge in [-0.15, -0.1) is 0 Å². The number of hydrogen-bond donors (Lipinski definition) is 0. The highest BCUT2D eigenvalue weighted by Crippen LogP contribution is 2.34. The Labute approximate surface area is 82.9 Å². The Morgan fingerprint density at radius 3 is 3.08 bits per heavy atom. The standard InChI is InChI=1S/C11H10ClN/c12-11-6-2-4-9-8(7-13)3-1-5-10(9)11/h2,4,6,8H,1,3,5H2. The first kappa shape index (κ1) is 8.59. The van der Waals surface area contributed by atoms with Crippen molar-refractivity contribution >= 4 is 11.6 Å². The zero-order valence-electron chi connectivity index (χ0n) is 7.26. The molecule has 0 saturated heterocycles. The first-order valence-corrected chi connectivity index (χ1v) is 4.87. The number of rotatable bonds is 0. The van der Waals surface area contributed by atoms with Gasteiger partial charge in [-0.3, -0.25) is 0 Å². The molecule has 1 nitrogen and oxygen atoms in total. The van der Waals surface area contributed by atoms with Gasteiger partial charge in [-0.25, -0.2) is 0 Å². The van der Waals surface area contributed by atoms with Gasteiger partial charge in [0.25, 0.3) is 0 Å². The molecule has 1 aliphatic rings. The van der Waals surface area contributed by atoms with Gasteiger partial charge in [-0.1, -0.05) is 23.7 Å². The van der Waals surface area contributed by atoms with Crippen LogP contribution < -0.4 is 0 Å². The second-order valence-electron chi connectivity index (χ2n) is 3.38. The van der Waals surface area contributed by atoms with Gasteiger partial charge in [0.1, 0.15) is 0 Å². The van der Waals surface area contributed by atoms with Crippen LogP contribution in [0.2, 0.25) is 5.02 Å². The molecule has 0 saturated carbocycles. The molecule has 1 aromatic carbocycles. The van der Waals surface area contributed by atoms with Crippen LogP contribution in [0.4, 0.5) is 0 Å². The van der Waals surface area contributed by atoms with Crippen LogP contribution in [0.5, 0.6) is 0 Å². The number of benzene rings is 1. The van der Waals surface area contributed by atoms with Crippen LogP contribution in [0.25, 0.3) is 0 Å². The molecule has 0 spiro atoms. The average Bonchev–Trinajstić information content (AvgIpc) is 2.18. The Morgan fingerprint density at radius 2 is 2.31 bits per heavy atom. The molecule has 1 atom stereocenters. The lowest BCUT2D eigenvalue weighted by Crippen LogP contribution is -2.08. The fraction of sp³-hybridized carbons (Fsp3) is 0.364. The molecule has 0 N–H and O–H groups in total. The molecule has 2 rings (SSSR count). The van der Waals surface area contributed by atoms with Crippen LogP contribution in [-0.4, -0.2) is 0 Å². The highest BCUT2D eigenvalue weighted by atomic mass is 35.5. The number of hydrogen-bond acceptors (Lipinski definition) is 1. The molecular formula is C11H10ClN.